The molecule has 3 nitrogen and oxygen atoms in total. The normalized spacial score (nSPS) is 12.8. The van der Waals surface area contributed by atoms with Gasteiger partial charge in [-0.15, -0.1) is 0 Å². The second kappa shape index (κ2) is 6.47. The highest BCUT2D eigenvalue weighted by Gasteiger charge is 2.08. The van der Waals surface area contributed by atoms with Crippen molar-refractivity contribution in [2.45, 2.75) is 25.9 Å². The zero-order valence-corrected chi connectivity index (χ0v) is 10.7. The second-order valence-electron chi connectivity index (χ2n) is 4.37. The Morgan fingerprint density at radius 3 is 3.00 bits per heavy atom. The Bertz CT molecular complexity index is 499. The Hall–Kier alpha value is -1.45. The third-order valence-electron chi connectivity index (χ3n) is 2.90. The van der Waals surface area contributed by atoms with E-state index in [-0.39, 0.29) is 0 Å². The van der Waals surface area contributed by atoms with Crippen LogP contribution in [0.2, 0.25) is 0 Å². The van der Waals surface area contributed by atoms with E-state index >= 15 is 0 Å². The van der Waals surface area contributed by atoms with Crippen LogP contribution in [0.1, 0.15) is 31.4 Å². The lowest BCUT2D eigenvalue weighted by molar-refractivity contribution is 0.0822. The molecule has 0 amide bonds. The summed E-state index contributed by atoms with van der Waals surface area (Å²) in [6.45, 7) is 3.42. The number of pyridine rings is 1. The molecule has 1 atom stereocenters. The monoisotopic (exact) mass is 245 g/mol. The number of rotatable bonds is 6. The van der Waals surface area contributed by atoms with Crippen molar-refractivity contribution in [3.8, 4) is 0 Å². The predicted octanol–water partition coefficient (Wildman–Crippen LogP) is 3.08. The summed E-state index contributed by atoms with van der Waals surface area (Å²) < 4.78 is 5.39. The van der Waals surface area contributed by atoms with Gasteiger partial charge in [-0.3, -0.25) is 4.98 Å². The van der Waals surface area contributed by atoms with Crippen LogP contribution < -0.4 is 0 Å². The first-order valence-electron chi connectivity index (χ1n) is 6.41. The molecule has 18 heavy (non-hydrogen) atoms. The molecule has 0 aliphatic carbocycles. The molecule has 2 rings (SSSR count). The van der Waals surface area contributed by atoms with Crippen LogP contribution in [-0.4, -0.2) is 23.3 Å². The molecule has 1 aromatic heterocycles. The molecule has 2 aromatic rings. The number of nitrogens with zero attached hydrogens (tertiary/aromatic N) is 1. The van der Waals surface area contributed by atoms with Crippen LogP contribution in [0.25, 0.3) is 10.9 Å². The van der Waals surface area contributed by atoms with Crippen molar-refractivity contribution in [2.24, 2.45) is 0 Å². The summed E-state index contributed by atoms with van der Waals surface area (Å²) in [4.78, 5) is 4.29. The molecule has 0 radical (unpaired) electrons. The highest BCUT2D eigenvalue weighted by Crippen LogP contribution is 2.21. The Morgan fingerprint density at radius 2 is 2.17 bits per heavy atom. The third-order valence-corrected chi connectivity index (χ3v) is 2.90. The standard InChI is InChI=1S/C15H19NO2/c1-2-9-18-10-7-15(17)13-6-5-12-4-3-8-16-14(12)11-13/h3-6,8,11,15,17H,2,7,9-10H2,1H3. The minimum Gasteiger partial charge on any atom is -0.388 e. The van der Waals surface area contributed by atoms with Crippen molar-refractivity contribution in [1.29, 1.82) is 0 Å². The van der Waals surface area contributed by atoms with Gasteiger partial charge in [-0.1, -0.05) is 25.1 Å². The summed E-state index contributed by atoms with van der Waals surface area (Å²) >= 11 is 0. The van der Waals surface area contributed by atoms with Gasteiger partial charge in [0.1, 0.15) is 0 Å². The van der Waals surface area contributed by atoms with E-state index in [2.05, 4.69) is 11.9 Å². The van der Waals surface area contributed by atoms with Crippen molar-refractivity contribution < 1.29 is 9.84 Å². The number of fused-ring (bicyclic) bond motifs is 1. The number of hydrogen-bond acceptors (Lipinski definition) is 3. The first kappa shape index (κ1) is 13.0. The number of benzene rings is 1. The fourth-order valence-electron chi connectivity index (χ4n) is 1.90. The Morgan fingerprint density at radius 1 is 1.28 bits per heavy atom. The van der Waals surface area contributed by atoms with Crippen molar-refractivity contribution in [1.82, 2.24) is 4.98 Å². The van der Waals surface area contributed by atoms with Crippen LogP contribution in [0, 0.1) is 0 Å². The Labute approximate surface area is 107 Å². The van der Waals surface area contributed by atoms with E-state index in [9.17, 15) is 5.11 Å². The van der Waals surface area contributed by atoms with E-state index in [0.29, 0.717) is 13.0 Å². The minimum absolute atomic E-state index is 0.478. The summed E-state index contributed by atoms with van der Waals surface area (Å²) in [5.41, 5.74) is 1.82. The smallest absolute Gasteiger partial charge is 0.0812 e. The summed E-state index contributed by atoms with van der Waals surface area (Å²) in [5.74, 6) is 0. The van der Waals surface area contributed by atoms with E-state index in [0.717, 1.165) is 29.5 Å². The molecule has 1 N–H and O–H groups in total. The number of aliphatic hydroxyl groups excluding tert-OH is 1. The van der Waals surface area contributed by atoms with Crippen LogP contribution in [0.3, 0.4) is 0 Å². The van der Waals surface area contributed by atoms with Crippen molar-refractivity contribution >= 4 is 10.9 Å². The van der Waals surface area contributed by atoms with Gasteiger partial charge in [-0.25, -0.2) is 0 Å². The molecular weight excluding hydrogens is 226 g/mol. The van der Waals surface area contributed by atoms with Crippen LogP contribution in [0.4, 0.5) is 0 Å². The average Bonchev–Trinajstić information content (AvgIpc) is 2.43. The first-order valence-corrected chi connectivity index (χ1v) is 6.41. The quantitative estimate of drug-likeness (QED) is 0.795. The van der Waals surface area contributed by atoms with E-state index in [1.165, 1.54) is 0 Å². The molecule has 0 saturated carbocycles. The average molecular weight is 245 g/mol. The maximum absolute atomic E-state index is 10.1. The largest absolute Gasteiger partial charge is 0.388 e. The van der Waals surface area contributed by atoms with E-state index in [1.807, 2.05) is 30.3 Å². The highest BCUT2D eigenvalue weighted by molar-refractivity contribution is 5.78. The van der Waals surface area contributed by atoms with Gasteiger partial charge in [-0.05, 0) is 24.1 Å². The lowest BCUT2D eigenvalue weighted by Crippen LogP contribution is -2.04. The molecule has 96 valence electrons. The van der Waals surface area contributed by atoms with Gasteiger partial charge in [-0.2, -0.15) is 0 Å². The molecule has 0 spiro atoms. The molecular formula is C15H19NO2. The number of aliphatic hydroxyl groups is 1. The SMILES string of the molecule is CCCOCCC(O)c1ccc2cccnc2c1. The van der Waals surface area contributed by atoms with Gasteiger partial charge in [0.05, 0.1) is 11.6 Å². The first-order chi connectivity index (χ1) is 8.81. The van der Waals surface area contributed by atoms with Gasteiger partial charge >= 0.3 is 0 Å². The molecule has 0 fully saturated rings. The lowest BCUT2D eigenvalue weighted by Gasteiger charge is -2.11. The molecule has 3 heteroatoms. The van der Waals surface area contributed by atoms with Gasteiger partial charge < -0.3 is 9.84 Å². The van der Waals surface area contributed by atoms with Gasteiger partial charge in [0, 0.05) is 31.2 Å². The molecule has 0 aliphatic heterocycles. The van der Waals surface area contributed by atoms with E-state index in [1.54, 1.807) is 6.20 Å². The zero-order chi connectivity index (χ0) is 12.8. The van der Waals surface area contributed by atoms with Crippen LogP contribution in [-0.2, 0) is 4.74 Å². The van der Waals surface area contributed by atoms with Gasteiger partial charge in [0.2, 0.25) is 0 Å². The summed E-state index contributed by atoms with van der Waals surface area (Å²) in [6.07, 6.45) is 2.92. The molecule has 1 unspecified atom stereocenters. The second-order valence-corrected chi connectivity index (χ2v) is 4.37. The Balaban J connectivity index is 2.01. The van der Waals surface area contributed by atoms with Crippen LogP contribution in [0.5, 0.6) is 0 Å². The topological polar surface area (TPSA) is 42.4 Å². The highest BCUT2D eigenvalue weighted by atomic mass is 16.5. The van der Waals surface area contributed by atoms with Crippen molar-refractivity contribution in [3.05, 3.63) is 42.1 Å². The molecule has 0 bridgehead atoms. The van der Waals surface area contributed by atoms with E-state index in [4.69, 9.17) is 4.74 Å². The van der Waals surface area contributed by atoms with Gasteiger partial charge in [0.25, 0.3) is 0 Å². The maximum atomic E-state index is 10.1. The predicted molar refractivity (Wildman–Crippen MR) is 72.4 cm³/mol. The minimum atomic E-state index is -0.478. The zero-order valence-electron chi connectivity index (χ0n) is 10.7. The van der Waals surface area contributed by atoms with Crippen molar-refractivity contribution in [2.75, 3.05) is 13.2 Å². The third kappa shape index (κ3) is 3.28. The van der Waals surface area contributed by atoms with Crippen LogP contribution >= 0.6 is 0 Å². The summed E-state index contributed by atoms with van der Waals surface area (Å²) in [7, 11) is 0. The summed E-state index contributed by atoms with van der Waals surface area (Å²) in [5, 5.41) is 11.2. The number of aromatic nitrogens is 1. The Kier molecular flexibility index (Phi) is 4.67. The summed E-state index contributed by atoms with van der Waals surface area (Å²) in [6, 6.07) is 9.82. The fourth-order valence-corrected chi connectivity index (χ4v) is 1.90. The number of hydrogen-bond donors (Lipinski definition) is 1. The number of ether oxygens (including phenoxy) is 1. The van der Waals surface area contributed by atoms with Crippen LogP contribution in [0.15, 0.2) is 36.5 Å². The van der Waals surface area contributed by atoms with Crippen molar-refractivity contribution in [3.63, 3.8) is 0 Å². The van der Waals surface area contributed by atoms with Gasteiger partial charge in [0.15, 0.2) is 0 Å². The fraction of sp³-hybridized carbons (Fsp3) is 0.400. The molecule has 1 heterocycles. The maximum Gasteiger partial charge on any atom is 0.0812 e. The molecule has 0 aliphatic rings. The molecule has 1 aromatic carbocycles. The molecule has 0 saturated heterocycles. The van der Waals surface area contributed by atoms with E-state index < -0.39 is 6.10 Å². The lowest BCUT2D eigenvalue weighted by atomic mass is 10.0.